The Bertz CT molecular complexity index is 449. The summed E-state index contributed by atoms with van der Waals surface area (Å²) in [5.74, 6) is 0.615. The predicted molar refractivity (Wildman–Crippen MR) is 74.6 cm³/mol. The largest absolute Gasteiger partial charge is 0.494 e. The van der Waals surface area contributed by atoms with Crippen molar-refractivity contribution >= 4 is 5.97 Å². The second kappa shape index (κ2) is 7.26. The lowest BCUT2D eigenvalue weighted by Crippen LogP contribution is -2.49. The highest BCUT2D eigenvalue weighted by molar-refractivity contribution is 5.75. The summed E-state index contributed by atoms with van der Waals surface area (Å²) in [5, 5.41) is 0. The number of ether oxygens (including phenoxy) is 3. The molecule has 0 aromatic heterocycles. The van der Waals surface area contributed by atoms with Crippen LogP contribution in [0.5, 0.6) is 5.75 Å². The van der Waals surface area contributed by atoms with Gasteiger partial charge in [0.1, 0.15) is 11.8 Å². The Morgan fingerprint density at radius 3 is 3.00 bits per heavy atom. The highest BCUT2D eigenvalue weighted by Gasteiger charge is 2.30. The number of carbonyl (C=O) groups is 1. The first-order valence-electron chi connectivity index (χ1n) is 6.86. The Hall–Kier alpha value is -1.59. The Morgan fingerprint density at radius 2 is 2.25 bits per heavy atom. The van der Waals surface area contributed by atoms with Crippen LogP contribution in [0.15, 0.2) is 24.3 Å². The number of para-hydroxylation sites is 1. The van der Waals surface area contributed by atoms with Crippen molar-refractivity contribution in [1.82, 2.24) is 4.90 Å². The molecule has 2 rings (SSSR count). The minimum absolute atomic E-state index is 0.251. The minimum Gasteiger partial charge on any atom is -0.494 e. The second-order valence-corrected chi connectivity index (χ2v) is 4.63. The van der Waals surface area contributed by atoms with Crippen LogP contribution in [0, 0.1) is 0 Å². The number of methoxy groups -OCH3 is 1. The van der Waals surface area contributed by atoms with Crippen molar-refractivity contribution in [2.24, 2.45) is 0 Å². The lowest BCUT2D eigenvalue weighted by Gasteiger charge is -2.33. The fourth-order valence-electron chi connectivity index (χ4n) is 2.33. The van der Waals surface area contributed by atoms with Crippen molar-refractivity contribution < 1.29 is 19.0 Å². The van der Waals surface area contributed by atoms with E-state index in [1.54, 1.807) is 0 Å². The van der Waals surface area contributed by atoms with Crippen LogP contribution in [0.1, 0.15) is 12.5 Å². The predicted octanol–water partition coefficient (Wildman–Crippen LogP) is 1.46. The topological polar surface area (TPSA) is 48.0 Å². The molecule has 0 bridgehead atoms. The summed E-state index contributed by atoms with van der Waals surface area (Å²) in [4.78, 5) is 13.9. The number of nitrogens with zero attached hydrogens (tertiary/aromatic N) is 1. The van der Waals surface area contributed by atoms with Crippen LogP contribution < -0.4 is 4.74 Å². The van der Waals surface area contributed by atoms with Gasteiger partial charge in [0.2, 0.25) is 0 Å². The van der Waals surface area contributed by atoms with E-state index in [-0.39, 0.29) is 12.0 Å². The van der Waals surface area contributed by atoms with E-state index in [4.69, 9.17) is 14.2 Å². The van der Waals surface area contributed by atoms with Gasteiger partial charge in [-0.15, -0.1) is 0 Å². The maximum atomic E-state index is 11.8. The van der Waals surface area contributed by atoms with Crippen LogP contribution in [0.3, 0.4) is 0 Å². The number of morpholine rings is 1. The van der Waals surface area contributed by atoms with Crippen molar-refractivity contribution in [1.29, 1.82) is 0 Å². The molecule has 5 heteroatoms. The first-order chi connectivity index (χ1) is 9.76. The SMILES string of the molecule is CCOc1ccccc1CN1CCOCC1C(=O)OC. The molecule has 0 amide bonds. The van der Waals surface area contributed by atoms with Gasteiger partial charge in [0.25, 0.3) is 0 Å². The molecular weight excluding hydrogens is 258 g/mol. The molecule has 1 saturated heterocycles. The molecular formula is C15H21NO4. The van der Waals surface area contributed by atoms with Gasteiger partial charge in [-0.1, -0.05) is 18.2 Å². The summed E-state index contributed by atoms with van der Waals surface area (Å²) in [6, 6.07) is 7.56. The van der Waals surface area contributed by atoms with Crippen LogP contribution >= 0.6 is 0 Å². The first kappa shape index (κ1) is 14.8. The quantitative estimate of drug-likeness (QED) is 0.764. The molecule has 0 saturated carbocycles. The van der Waals surface area contributed by atoms with Gasteiger partial charge in [-0.05, 0) is 13.0 Å². The Labute approximate surface area is 119 Å². The average Bonchev–Trinajstić information content (AvgIpc) is 2.49. The second-order valence-electron chi connectivity index (χ2n) is 4.63. The summed E-state index contributed by atoms with van der Waals surface area (Å²) in [6.45, 7) is 4.95. The van der Waals surface area contributed by atoms with Crippen LogP contribution in [0.4, 0.5) is 0 Å². The first-order valence-corrected chi connectivity index (χ1v) is 6.86. The molecule has 1 aliphatic heterocycles. The zero-order valence-electron chi connectivity index (χ0n) is 12.0. The van der Waals surface area contributed by atoms with Gasteiger partial charge in [0, 0.05) is 18.7 Å². The molecule has 1 aromatic rings. The summed E-state index contributed by atoms with van der Waals surface area (Å²) >= 11 is 0. The molecule has 0 spiro atoms. The third-order valence-electron chi connectivity index (χ3n) is 3.36. The van der Waals surface area contributed by atoms with Crippen LogP contribution in [0.2, 0.25) is 0 Å². The lowest BCUT2D eigenvalue weighted by atomic mass is 10.1. The summed E-state index contributed by atoms with van der Waals surface area (Å²) < 4.78 is 15.8. The molecule has 5 nitrogen and oxygen atoms in total. The minimum atomic E-state index is -0.344. The Kier molecular flexibility index (Phi) is 5.38. The fourth-order valence-corrected chi connectivity index (χ4v) is 2.33. The van der Waals surface area contributed by atoms with Gasteiger partial charge >= 0.3 is 5.97 Å². The van der Waals surface area contributed by atoms with Crippen LogP contribution in [-0.4, -0.2) is 50.4 Å². The Morgan fingerprint density at radius 1 is 1.45 bits per heavy atom. The smallest absolute Gasteiger partial charge is 0.325 e. The van der Waals surface area contributed by atoms with Crippen LogP contribution in [-0.2, 0) is 20.8 Å². The standard InChI is InChI=1S/C15H21NO4/c1-3-20-14-7-5-4-6-12(14)10-16-8-9-19-11-13(16)15(17)18-2/h4-7,13H,3,8-11H2,1-2H3. The van der Waals surface area contributed by atoms with E-state index in [0.29, 0.717) is 32.9 Å². The van der Waals surface area contributed by atoms with E-state index < -0.39 is 0 Å². The monoisotopic (exact) mass is 279 g/mol. The zero-order chi connectivity index (χ0) is 14.4. The third-order valence-corrected chi connectivity index (χ3v) is 3.36. The molecule has 0 N–H and O–H groups in total. The molecule has 1 fully saturated rings. The molecule has 1 heterocycles. The lowest BCUT2D eigenvalue weighted by molar-refractivity contribution is -0.153. The fraction of sp³-hybridized carbons (Fsp3) is 0.533. The maximum absolute atomic E-state index is 11.8. The van der Waals surface area contributed by atoms with Gasteiger partial charge in [-0.2, -0.15) is 0 Å². The van der Waals surface area contributed by atoms with Crippen LogP contribution in [0.25, 0.3) is 0 Å². The molecule has 1 atom stereocenters. The molecule has 1 aromatic carbocycles. The van der Waals surface area contributed by atoms with E-state index >= 15 is 0 Å². The molecule has 20 heavy (non-hydrogen) atoms. The third kappa shape index (κ3) is 3.49. The Balaban J connectivity index is 2.12. The highest BCUT2D eigenvalue weighted by atomic mass is 16.5. The molecule has 1 aliphatic rings. The van der Waals surface area contributed by atoms with E-state index in [9.17, 15) is 4.79 Å². The number of benzene rings is 1. The molecule has 110 valence electrons. The zero-order valence-corrected chi connectivity index (χ0v) is 12.0. The molecule has 0 aliphatic carbocycles. The average molecular weight is 279 g/mol. The van der Waals surface area contributed by atoms with E-state index in [0.717, 1.165) is 11.3 Å². The van der Waals surface area contributed by atoms with E-state index in [2.05, 4.69) is 4.90 Å². The van der Waals surface area contributed by atoms with Crippen molar-refractivity contribution in [2.75, 3.05) is 33.5 Å². The van der Waals surface area contributed by atoms with E-state index in [1.807, 2.05) is 31.2 Å². The van der Waals surface area contributed by atoms with E-state index in [1.165, 1.54) is 7.11 Å². The number of esters is 1. The van der Waals surface area contributed by atoms with Crippen molar-refractivity contribution in [3.05, 3.63) is 29.8 Å². The number of hydrogen-bond acceptors (Lipinski definition) is 5. The van der Waals surface area contributed by atoms with Crippen molar-refractivity contribution in [3.63, 3.8) is 0 Å². The maximum Gasteiger partial charge on any atom is 0.325 e. The van der Waals surface area contributed by atoms with Gasteiger partial charge in [0.15, 0.2) is 0 Å². The normalized spacial score (nSPS) is 19.6. The molecule has 1 unspecified atom stereocenters. The summed E-state index contributed by atoms with van der Waals surface area (Å²) in [7, 11) is 1.41. The number of hydrogen-bond donors (Lipinski definition) is 0. The van der Waals surface area contributed by atoms with Gasteiger partial charge < -0.3 is 14.2 Å². The van der Waals surface area contributed by atoms with Gasteiger partial charge in [0.05, 0.1) is 26.9 Å². The molecule has 0 radical (unpaired) electrons. The van der Waals surface area contributed by atoms with Gasteiger partial charge in [-0.3, -0.25) is 9.69 Å². The van der Waals surface area contributed by atoms with Crippen molar-refractivity contribution in [3.8, 4) is 5.75 Å². The van der Waals surface area contributed by atoms with Crippen molar-refractivity contribution in [2.45, 2.75) is 19.5 Å². The number of carbonyl (C=O) groups excluding carboxylic acids is 1. The highest BCUT2D eigenvalue weighted by Crippen LogP contribution is 2.22. The number of rotatable bonds is 5. The van der Waals surface area contributed by atoms with Gasteiger partial charge in [-0.25, -0.2) is 0 Å². The summed E-state index contributed by atoms with van der Waals surface area (Å²) in [5.41, 5.74) is 1.07. The summed E-state index contributed by atoms with van der Waals surface area (Å²) in [6.07, 6.45) is 0.